The third kappa shape index (κ3) is 2.94. The van der Waals surface area contributed by atoms with Crippen molar-refractivity contribution in [2.75, 3.05) is 18.5 Å². The summed E-state index contributed by atoms with van der Waals surface area (Å²) in [5.74, 6) is 0.147. The first-order chi connectivity index (χ1) is 15.6. The van der Waals surface area contributed by atoms with Crippen molar-refractivity contribution >= 4 is 23.1 Å². The molecule has 0 fully saturated rings. The summed E-state index contributed by atoms with van der Waals surface area (Å²) in [5.41, 5.74) is 8.06. The summed E-state index contributed by atoms with van der Waals surface area (Å²) >= 11 is 0. The van der Waals surface area contributed by atoms with Crippen LogP contribution in [0.25, 0.3) is 22.8 Å². The third-order valence-corrected chi connectivity index (χ3v) is 6.35. The molecule has 158 valence electrons. The number of carbonyl (C=O) groups is 1. The second-order valence-electron chi connectivity index (χ2n) is 8.34. The highest BCUT2D eigenvalue weighted by molar-refractivity contribution is 6.26. The van der Waals surface area contributed by atoms with E-state index in [0.29, 0.717) is 41.3 Å². The number of fused-ring (bicyclic) bond motifs is 3. The van der Waals surface area contributed by atoms with Gasteiger partial charge < -0.3 is 10.1 Å². The van der Waals surface area contributed by atoms with Crippen LogP contribution in [0.1, 0.15) is 27.9 Å². The van der Waals surface area contributed by atoms with E-state index < -0.39 is 0 Å². The highest BCUT2D eigenvalue weighted by Crippen LogP contribution is 2.40. The fourth-order valence-electron chi connectivity index (χ4n) is 4.74. The van der Waals surface area contributed by atoms with Crippen molar-refractivity contribution in [2.24, 2.45) is 0 Å². The Morgan fingerprint density at radius 1 is 1.19 bits per heavy atom. The fourth-order valence-corrected chi connectivity index (χ4v) is 4.74. The molecule has 0 amide bonds. The number of ether oxygens (including phenoxy) is 1. The topological polar surface area (TPSA) is 64.1 Å². The van der Waals surface area contributed by atoms with E-state index in [0.717, 1.165) is 40.1 Å². The van der Waals surface area contributed by atoms with Gasteiger partial charge in [-0.2, -0.15) is 0 Å². The Hall–Kier alpha value is -3.80. The largest absolute Gasteiger partial charge is 0.474 e. The molecular formula is C26H20FN3O2. The van der Waals surface area contributed by atoms with E-state index in [4.69, 9.17) is 4.74 Å². The van der Waals surface area contributed by atoms with Crippen LogP contribution in [0.15, 0.2) is 48.3 Å². The van der Waals surface area contributed by atoms with Crippen LogP contribution in [0.4, 0.5) is 10.1 Å². The molecule has 6 heteroatoms. The van der Waals surface area contributed by atoms with Crippen LogP contribution in [-0.4, -0.2) is 28.9 Å². The predicted octanol–water partition coefficient (Wildman–Crippen LogP) is 4.54. The summed E-state index contributed by atoms with van der Waals surface area (Å²) in [6.07, 6.45) is 8.17. The Morgan fingerprint density at radius 3 is 2.97 bits per heavy atom. The van der Waals surface area contributed by atoms with E-state index in [2.05, 4.69) is 15.3 Å². The molecule has 0 radical (unpaired) electrons. The van der Waals surface area contributed by atoms with Crippen LogP contribution < -0.4 is 10.1 Å². The molecule has 0 spiro atoms. The number of Topliss-reactive ketones (excluding diaryl/α,β-unsaturated/α-hetero) is 1. The number of allylic oxidation sites excluding steroid dienone is 3. The van der Waals surface area contributed by atoms with Crippen LogP contribution >= 0.6 is 0 Å². The maximum absolute atomic E-state index is 15.1. The van der Waals surface area contributed by atoms with Gasteiger partial charge in [0.05, 0.1) is 5.69 Å². The minimum absolute atomic E-state index is 0.0591. The number of benzene rings is 1. The molecule has 5 nitrogen and oxygen atoms in total. The molecule has 3 aliphatic rings. The van der Waals surface area contributed by atoms with Crippen LogP contribution in [0.3, 0.4) is 0 Å². The number of hydrogen-bond acceptors (Lipinski definition) is 5. The molecule has 6 rings (SSSR count). The van der Waals surface area contributed by atoms with Gasteiger partial charge in [0.15, 0.2) is 5.78 Å². The zero-order chi connectivity index (χ0) is 21.8. The Kier molecular flexibility index (Phi) is 4.21. The Morgan fingerprint density at radius 2 is 2.09 bits per heavy atom. The molecule has 2 aliphatic carbocycles. The zero-order valence-corrected chi connectivity index (χ0v) is 17.5. The lowest BCUT2D eigenvalue weighted by atomic mass is 9.95. The van der Waals surface area contributed by atoms with E-state index in [1.807, 2.05) is 37.3 Å². The van der Waals surface area contributed by atoms with E-state index in [1.54, 1.807) is 12.4 Å². The van der Waals surface area contributed by atoms with Gasteiger partial charge in [-0.15, -0.1) is 0 Å². The molecule has 3 heterocycles. The molecular weight excluding hydrogens is 405 g/mol. The smallest absolute Gasteiger partial charge is 0.237 e. The monoisotopic (exact) mass is 425 g/mol. The highest BCUT2D eigenvalue weighted by atomic mass is 19.1. The lowest BCUT2D eigenvalue weighted by molar-refractivity contribution is -0.112. The summed E-state index contributed by atoms with van der Waals surface area (Å²) in [6.45, 7) is 3.24. The standard InChI is InChI=1S/C26H20FN3O2/c1-14-21(13-30-26-25(14)29-5-6-32-26)17-10-18-19(22(27)11-17)12-24(31)20(18)8-15-7-16-3-2-4-28-23(16)9-15/h2-4,8-11,13,29H,5-7,12H2,1H3/b20-8-. The van der Waals surface area contributed by atoms with E-state index in [9.17, 15) is 4.79 Å². The van der Waals surface area contributed by atoms with Gasteiger partial charge in [0, 0.05) is 42.1 Å². The van der Waals surface area contributed by atoms with Gasteiger partial charge >= 0.3 is 0 Å². The van der Waals surface area contributed by atoms with Crippen LogP contribution in [-0.2, 0) is 17.6 Å². The number of nitrogens with one attached hydrogen (secondary N) is 1. The predicted molar refractivity (Wildman–Crippen MR) is 121 cm³/mol. The average Bonchev–Trinajstić information content (AvgIpc) is 3.35. The van der Waals surface area contributed by atoms with E-state index in [1.165, 1.54) is 6.07 Å². The van der Waals surface area contributed by atoms with Gasteiger partial charge in [0.1, 0.15) is 18.1 Å². The van der Waals surface area contributed by atoms with E-state index >= 15 is 4.39 Å². The molecule has 0 saturated carbocycles. The maximum Gasteiger partial charge on any atom is 0.237 e. The Labute approximate surface area is 184 Å². The number of nitrogens with zero attached hydrogens (tertiary/aromatic N) is 2. The first-order valence-corrected chi connectivity index (χ1v) is 10.7. The summed E-state index contributed by atoms with van der Waals surface area (Å²) in [6, 6.07) is 7.37. The molecule has 0 bridgehead atoms. The van der Waals surface area contributed by atoms with Gasteiger partial charge in [0.2, 0.25) is 5.88 Å². The van der Waals surface area contributed by atoms with Crippen LogP contribution in [0.2, 0.25) is 0 Å². The number of carbonyl (C=O) groups excluding carboxylic acids is 1. The van der Waals surface area contributed by atoms with Crippen molar-refractivity contribution in [3.05, 3.63) is 82.1 Å². The molecule has 1 aromatic carbocycles. The molecule has 3 aromatic rings. The second-order valence-corrected chi connectivity index (χ2v) is 8.34. The van der Waals surface area contributed by atoms with Gasteiger partial charge in [-0.3, -0.25) is 9.78 Å². The number of anilines is 1. The molecule has 1 N–H and O–H groups in total. The van der Waals surface area contributed by atoms with Gasteiger partial charge in [0.25, 0.3) is 0 Å². The van der Waals surface area contributed by atoms with Crippen molar-refractivity contribution in [2.45, 2.75) is 19.8 Å². The van der Waals surface area contributed by atoms with Crippen molar-refractivity contribution in [1.82, 2.24) is 9.97 Å². The second kappa shape index (κ2) is 7.12. The van der Waals surface area contributed by atoms with Crippen LogP contribution in [0.5, 0.6) is 5.88 Å². The average molecular weight is 425 g/mol. The number of pyridine rings is 2. The van der Waals surface area contributed by atoms with Gasteiger partial charge in [-0.25, -0.2) is 9.37 Å². The fraction of sp³-hybridized carbons (Fsp3) is 0.192. The number of aromatic nitrogens is 2. The SMILES string of the molecule is Cc1c(-c2cc(F)c3c(c2)/C(=C/C2=Cc4ncccc4C2)C(=O)C3)cnc2c1NCCO2. The minimum Gasteiger partial charge on any atom is -0.474 e. The van der Waals surface area contributed by atoms with Crippen molar-refractivity contribution < 1.29 is 13.9 Å². The molecule has 0 atom stereocenters. The molecule has 0 saturated heterocycles. The van der Waals surface area contributed by atoms with Crippen LogP contribution in [0, 0.1) is 12.7 Å². The Bertz CT molecular complexity index is 1370. The molecule has 1 aliphatic heterocycles. The lowest BCUT2D eigenvalue weighted by Gasteiger charge is -2.21. The van der Waals surface area contributed by atoms with E-state index in [-0.39, 0.29) is 18.0 Å². The summed E-state index contributed by atoms with van der Waals surface area (Å²) in [7, 11) is 0. The zero-order valence-electron chi connectivity index (χ0n) is 17.5. The lowest BCUT2D eigenvalue weighted by Crippen LogP contribution is -2.20. The highest BCUT2D eigenvalue weighted by Gasteiger charge is 2.29. The number of halogens is 1. The summed E-state index contributed by atoms with van der Waals surface area (Å²) in [5, 5.41) is 3.32. The maximum atomic E-state index is 15.1. The Balaban J connectivity index is 1.44. The first kappa shape index (κ1) is 18.9. The van der Waals surface area contributed by atoms with Crippen molar-refractivity contribution in [3.63, 3.8) is 0 Å². The molecule has 2 aromatic heterocycles. The molecule has 0 unspecified atom stereocenters. The van der Waals surface area contributed by atoms with Gasteiger partial charge in [-0.05, 0) is 71.5 Å². The summed E-state index contributed by atoms with van der Waals surface area (Å²) in [4.78, 5) is 21.6. The number of hydrogen-bond donors (Lipinski definition) is 1. The van der Waals surface area contributed by atoms with Crippen molar-refractivity contribution in [3.8, 4) is 17.0 Å². The normalized spacial score (nSPS) is 17.4. The molecule has 32 heavy (non-hydrogen) atoms. The van der Waals surface area contributed by atoms with Crippen molar-refractivity contribution in [1.29, 1.82) is 0 Å². The number of rotatable bonds is 2. The number of ketones is 1. The van der Waals surface area contributed by atoms with Gasteiger partial charge in [-0.1, -0.05) is 6.07 Å². The third-order valence-electron chi connectivity index (χ3n) is 6.35. The first-order valence-electron chi connectivity index (χ1n) is 10.7. The summed E-state index contributed by atoms with van der Waals surface area (Å²) < 4.78 is 20.7. The minimum atomic E-state index is -0.360. The quantitative estimate of drug-likeness (QED) is 0.611.